The number of pyridine rings is 1. The topological polar surface area (TPSA) is 88.2 Å². The highest BCUT2D eigenvalue weighted by Crippen LogP contribution is 2.52. The van der Waals surface area contributed by atoms with Crippen molar-refractivity contribution in [3.05, 3.63) is 58.4 Å². The number of piperidine rings is 1. The van der Waals surface area contributed by atoms with E-state index in [0.717, 1.165) is 19.0 Å². The molecule has 3 atom stereocenters. The molecule has 0 spiro atoms. The largest absolute Gasteiger partial charge is 0.495 e. The number of halogens is 3. The van der Waals surface area contributed by atoms with Crippen LogP contribution in [0.15, 0.2) is 30.6 Å². The zero-order chi connectivity index (χ0) is 28.9. The number of alkyl halides is 3. The van der Waals surface area contributed by atoms with Gasteiger partial charge in [-0.05, 0) is 59.9 Å². The lowest BCUT2D eigenvalue weighted by molar-refractivity contribution is -0.137. The molecule has 0 N–H and O–H groups in total. The lowest BCUT2D eigenvalue weighted by Gasteiger charge is -2.39. The van der Waals surface area contributed by atoms with Crippen LogP contribution in [0.4, 0.5) is 13.2 Å². The number of carbonyl (C=O) groups excluding carboxylic acids is 2. The van der Waals surface area contributed by atoms with E-state index in [1.807, 2.05) is 24.8 Å². The van der Waals surface area contributed by atoms with E-state index in [1.54, 1.807) is 17.8 Å². The molecule has 1 aliphatic carbocycles. The van der Waals surface area contributed by atoms with E-state index in [9.17, 15) is 28.0 Å². The molecule has 1 saturated carbocycles. The molecule has 2 fully saturated rings. The second-order valence-corrected chi connectivity index (χ2v) is 11.2. The number of benzene rings is 1. The van der Waals surface area contributed by atoms with Gasteiger partial charge >= 0.3 is 6.18 Å². The van der Waals surface area contributed by atoms with Crippen LogP contribution in [0.1, 0.15) is 65.2 Å². The Hall–Kier alpha value is -3.87. The van der Waals surface area contributed by atoms with Crippen LogP contribution in [0.5, 0.6) is 5.75 Å². The predicted octanol–water partition coefficient (Wildman–Crippen LogP) is 5.51. The van der Waals surface area contributed by atoms with Gasteiger partial charge in [0.05, 0.1) is 18.2 Å². The molecule has 1 saturated heterocycles. The molecule has 5 rings (SSSR count). The number of nitriles is 1. The molecule has 210 valence electrons. The third kappa shape index (κ3) is 4.72. The number of hydrogen-bond donors (Lipinski definition) is 0. The number of aryl methyl sites for hydroxylation is 1. The van der Waals surface area contributed by atoms with Gasteiger partial charge in [-0.2, -0.15) is 18.4 Å². The third-order valence-corrected chi connectivity index (χ3v) is 8.37. The van der Waals surface area contributed by atoms with Crippen LogP contribution in [-0.4, -0.2) is 46.3 Å². The molecule has 3 aromatic rings. The number of methoxy groups -OCH3 is 1. The van der Waals surface area contributed by atoms with Crippen molar-refractivity contribution in [3.8, 4) is 11.8 Å². The van der Waals surface area contributed by atoms with Crippen molar-refractivity contribution in [1.82, 2.24) is 14.5 Å². The molecule has 1 aromatic carbocycles. The number of aromatic nitrogens is 2. The van der Waals surface area contributed by atoms with E-state index in [0.29, 0.717) is 18.7 Å². The summed E-state index contributed by atoms with van der Waals surface area (Å²) in [4.78, 5) is 32.1. The smallest absolute Gasteiger partial charge is 0.417 e. The third-order valence-electron chi connectivity index (χ3n) is 8.37. The first-order chi connectivity index (χ1) is 18.9. The van der Waals surface area contributed by atoms with Gasteiger partial charge in [-0.25, -0.2) is 4.98 Å². The van der Waals surface area contributed by atoms with Crippen LogP contribution < -0.4 is 4.74 Å². The summed E-state index contributed by atoms with van der Waals surface area (Å²) in [5, 5.41) is 9.41. The number of ether oxygens (including phenoxy) is 1. The fourth-order valence-electron chi connectivity index (χ4n) is 6.65. The number of carbonyl (C=O) groups is 2. The van der Waals surface area contributed by atoms with Gasteiger partial charge in [-0.3, -0.25) is 9.59 Å². The average molecular weight is 553 g/mol. The van der Waals surface area contributed by atoms with E-state index >= 15 is 0 Å². The molecule has 1 amide bonds. The molecule has 2 unspecified atom stereocenters. The van der Waals surface area contributed by atoms with Crippen molar-refractivity contribution in [1.29, 1.82) is 5.26 Å². The van der Waals surface area contributed by atoms with E-state index < -0.39 is 23.9 Å². The number of likely N-dealkylation sites (tertiary alicyclic amines) is 1. The van der Waals surface area contributed by atoms with Gasteiger partial charge in [0.25, 0.3) is 0 Å². The van der Waals surface area contributed by atoms with Crippen molar-refractivity contribution in [2.75, 3.05) is 20.2 Å². The van der Waals surface area contributed by atoms with Gasteiger partial charge in [0, 0.05) is 55.8 Å². The van der Waals surface area contributed by atoms with Crippen molar-refractivity contribution in [2.45, 2.75) is 45.2 Å². The zero-order valence-electron chi connectivity index (χ0n) is 22.9. The quantitative estimate of drug-likeness (QED) is 0.377. The summed E-state index contributed by atoms with van der Waals surface area (Å²) in [5.41, 5.74) is 0.0177. The predicted molar refractivity (Wildman–Crippen MR) is 142 cm³/mol. The van der Waals surface area contributed by atoms with Gasteiger partial charge in [-0.1, -0.05) is 13.8 Å². The maximum Gasteiger partial charge on any atom is 0.417 e. The number of fused-ring (bicyclic) bond motifs is 3. The first kappa shape index (κ1) is 27.7. The highest BCUT2D eigenvalue weighted by Gasteiger charge is 2.47. The van der Waals surface area contributed by atoms with E-state index in [1.165, 1.54) is 25.3 Å². The van der Waals surface area contributed by atoms with E-state index in [-0.39, 0.29) is 63.1 Å². The number of rotatable bonds is 6. The Balaban J connectivity index is 1.57. The number of nitrogens with zero attached hydrogens (tertiary/aromatic N) is 4. The first-order valence-electron chi connectivity index (χ1n) is 13.4. The van der Waals surface area contributed by atoms with E-state index in [4.69, 9.17) is 4.74 Å². The Morgan fingerprint density at radius 2 is 1.88 bits per heavy atom. The SMILES string of the molecule is COc1ccc(C(=O)Cc2cnc3c(c(C4C5CC[C@H]4CN(C(=O)C(C)C)C5)cn3C)c2C(F)(F)F)cc1C#N. The molecule has 40 heavy (non-hydrogen) atoms. The number of amides is 1. The van der Waals surface area contributed by atoms with Crippen molar-refractivity contribution < 1.29 is 27.5 Å². The standard InChI is InChI=1S/C30H31F3N4O3/c1-16(2)29(39)37-13-18-5-6-19(14-37)25(18)22-15-36(3)28-26(22)27(30(31,32)33)21(12-35-28)10-23(38)17-7-8-24(40-4)20(9-17)11-34/h7-9,12,15-16,18-19,25H,5-6,10,13-14H2,1-4H3/t18-,19?,25?/m0/s1. The zero-order valence-corrected chi connectivity index (χ0v) is 22.9. The molecule has 2 bridgehead atoms. The number of Topliss-reactive ketones (excluding diaryl/α,β-unsaturated/α-hetero) is 1. The van der Waals surface area contributed by atoms with Crippen molar-refractivity contribution in [2.24, 2.45) is 24.8 Å². The first-order valence-corrected chi connectivity index (χ1v) is 13.4. The fraction of sp³-hybridized carbons (Fsp3) is 0.467. The maximum absolute atomic E-state index is 14.8. The van der Waals surface area contributed by atoms with Crippen LogP contribution in [0.3, 0.4) is 0 Å². The summed E-state index contributed by atoms with van der Waals surface area (Å²) in [7, 11) is 3.08. The minimum atomic E-state index is -4.72. The molecule has 0 radical (unpaired) electrons. The Bertz CT molecular complexity index is 1520. The van der Waals surface area contributed by atoms with Crippen LogP contribution >= 0.6 is 0 Å². The van der Waals surface area contributed by atoms with Gasteiger partial charge in [0.1, 0.15) is 17.5 Å². The average Bonchev–Trinajstić information content (AvgIpc) is 3.37. The summed E-state index contributed by atoms with van der Waals surface area (Å²) >= 11 is 0. The Morgan fingerprint density at radius 1 is 1.20 bits per heavy atom. The lowest BCUT2D eigenvalue weighted by Crippen LogP contribution is -2.45. The lowest BCUT2D eigenvalue weighted by atomic mass is 9.78. The summed E-state index contributed by atoms with van der Waals surface area (Å²) in [6, 6.07) is 6.18. The highest BCUT2D eigenvalue weighted by molar-refractivity contribution is 5.99. The Kier molecular flexibility index (Phi) is 7.11. The minimum Gasteiger partial charge on any atom is -0.495 e. The molecule has 1 aliphatic heterocycles. The monoisotopic (exact) mass is 552 g/mol. The van der Waals surface area contributed by atoms with Gasteiger partial charge in [-0.15, -0.1) is 0 Å². The van der Waals surface area contributed by atoms with Crippen molar-refractivity contribution >= 4 is 22.7 Å². The maximum atomic E-state index is 14.8. The van der Waals surface area contributed by atoms with Crippen LogP contribution in [-0.2, 0) is 24.4 Å². The van der Waals surface area contributed by atoms with Crippen molar-refractivity contribution in [3.63, 3.8) is 0 Å². The molecular formula is C30H31F3N4O3. The summed E-state index contributed by atoms with van der Waals surface area (Å²) in [5.74, 6) is -0.348. The number of ketones is 1. The second kappa shape index (κ2) is 10.3. The summed E-state index contributed by atoms with van der Waals surface area (Å²) in [6.45, 7) is 4.77. The molecular weight excluding hydrogens is 521 g/mol. The van der Waals surface area contributed by atoms with Gasteiger partial charge in [0.2, 0.25) is 5.91 Å². The second-order valence-electron chi connectivity index (χ2n) is 11.2. The van der Waals surface area contributed by atoms with Crippen LogP contribution in [0, 0.1) is 29.1 Å². The molecule has 2 aliphatic rings. The number of hydrogen-bond acceptors (Lipinski definition) is 5. The summed E-state index contributed by atoms with van der Waals surface area (Å²) < 4.78 is 51.2. The summed E-state index contributed by atoms with van der Waals surface area (Å²) in [6.07, 6.45) is -0.662. The molecule has 10 heteroatoms. The Morgan fingerprint density at radius 3 is 2.45 bits per heavy atom. The van der Waals surface area contributed by atoms with Gasteiger partial charge in [0.15, 0.2) is 5.78 Å². The van der Waals surface area contributed by atoms with Crippen LogP contribution in [0.25, 0.3) is 11.0 Å². The molecule has 3 heterocycles. The fourth-order valence-corrected chi connectivity index (χ4v) is 6.65. The molecule has 7 nitrogen and oxygen atoms in total. The highest BCUT2D eigenvalue weighted by atomic mass is 19.4. The normalized spacial score (nSPS) is 20.7. The van der Waals surface area contributed by atoms with Gasteiger partial charge < -0.3 is 14.2 Å². The molecule has 2 aromatic heterocycles. The van der Waals surface area contributed by atoms with Crippen LogP contribution in [0.2, 0.25) is 0 Å². The van der Waals surface area contributed by atoms with E-state index in [2.05, 4.69) is 4.98 Å². The minimum absolute atomic E-state index is 0.0401. The Labute approximate surface area is 230 Å².